The van der Waals surface area contributed by atoms with Crippen LogP contribution in [0.3, 0.4) is 0 Å². The summed E-state index contributed by atoms with van der Waals surface area (Å²) in [6.45, 7) is 2.12. The topological polar surface area (TPSA) is 55.6 Å². The molecule has 3 rings (SSSR count). The Morgan fingerprint density at radius 3 is 2.86 bits per heavy atom. The summed E-state index contributed by atoms with van der Waals surface area (Å²) >= 11 is 0. The van der Waals surface area contributed by atoms with Crippen LogP contribution in [0.4, 0.5) is 0 Å². The highest BCUT2D eigenvalue weighted by atomic mass is 16.5. The predicted octanol–water partition coefficient (Wildman–Crippen LogP) is 2.38. The molecular formula is C17H20N2O3. The number of ether oxygens (including phenoxy) is 1. The first-order valence-electron chi connectivity index (χ1n) is 7.51. The lowest BCUT2D eigenvalue weighted by molar-refractivity contribution is -0.128. The van der Waals surface area contributed by atoms with E-state index in [9.17, 15) is 4.79 Å². The quantitative estimate of drug-likeness (QED) is 0.822. The summed E-state index contributed by atoms with van der Waals surface area (Å²) in [5, 5.41) is 0. The SMILES string of the molecule is COCCN1C[C@H](Cc2ccc(-c3cnco3)cc2)CC1=O. The largest absolute Gasteiger partial charge is 0.444 e. The summed E-state index contributed by atoms with van der Waals surface area (Å²) in [6.07, 6.45) is 4.69. The van der Waals surface area contributed by atoms with Crippen molar-refractivity contribution < 1.29 is 13.9 Å². The maximum absolute atomic E-state index is 11.9. The molecule has 5 heteroatoms. The van der Waals surface area contributed by atoms with E-state index < -0.39 is 0 Å². The number of benzene rings is 1. The molecule has 1 atom stereocenters. The van der Waals surface area contributed by atoms with Crippen molar-refractivity contribution in [1.82, 2.24) is 9.88 Å². The molecule has 0 saturated carbocycles. The van der Waals surface area contributed by atoms with E-state index in [4.69, 9.17) is 9.15 Å². The molecule has 2 heterocycles. The minimum Gasteiger partial charge on any atom is -0.444 e. The van der Waals surface area contributed by atoms with Crippen LogP contribution in [0, 0.1) is 5.92 Å². The van der Waals surface area contributed by atoms with E-state index in [1.807, 2.05) is 17.0 Å². The van der Waals surface area contributed by atoms with E-state index in [1.165, 1.54) is 12.0 Å². The molecule has 0 N–H and O–H groups in total. The van der Waals surface area contributed by atoms with E-state index in [1.54, 1.807) is 13.3 Å². The van der Waals surface area contributed by atoms with E-state index in [-0.39, 0.29) is 5.91 Å². The highest BCUT2D eigenvalue weighted by Crippen LogP contribution is 2.24. The van der Waals surface area contributed by atoms with Gasteiger partial charge in [0.25, 0.3) is 0 Å². The fraction of sp³-hybridized carbons (Fsp3) is 0.412. The Morgan fingerprint density at radius 2 is 2.18 bits per heavy atom. The van der Waals surface area contributed by atoms with E-state index in [0.717, 1.165) is 24.3 Å². The molecule has 1 aliphatic rings. The highest BCUT2D eigenvalue weighted by molar-refractivity contribution is 5.78. The molecule has 2 aromatic rings. The molecule has 5 nitrogen and oxygen atoms in total. The Hall–Kier alpha value is -2.14. The molecule has 0 aliphatic carbocycles. The third kappa shape index (κ3) is 3.36. The number of methoxy groups -OCH3 is 1. The van der Waals surface area contributed by atoms with Crippen LogP contribution in [-0.4, -0.2) is 42.6 Å². The number of hydrogen-bond acceptors (Lipinski definition) is 4. The van der Waals surface area contributed by atoms with Crippen molar-refractivity contribution in [2.75, 3.05) is 26.8 Å². The molecule has 1 aromatic carbocycles. The second-order valence-electron chi connectivity index (χ2n) is 5.67. The van der Waals surface area contributed by atoms with Gasteiger partial charge in [0.05, 0.1) is 12.8 Å². The van der Waals surface area contributed by atoms with Crippen LogP contribution >= 0.6 is 0 Å². The first-order valence-corrected chi connectivity index (χ1v) is 7.51. The Kier molecular flexibility index (Phi) is 4.53. The minimum atomic E-state index is 0.236. The third-order valence-corrected chi connectivity index (χ3v) is 4.06. The van der Waals surface area contributed by atoms with E-state index in [2.05, 4.69) is 17.1 Å². The molecule has 1 amide bonds. The van der Waals surface area contributed by atoms with Crippen molar-refractivity contribution in [2.24, 2.45) is 5.92 Å². The summed E-state index contributed by atoms with van der Waals surface area (Å²) in [5.41, 5.74) is 2.26. The number of hydrogen-bond donors (Lipinski definition) is 0. The summed E-state index contributed by atoms with van der Waals surface area (Å²) in [6, 6.07) is 8.27. The van der Waals surface area contributed by atoms with Gasteiger partial charge in [-0.3, -0.25) is 4.79 Å². The fourth-order valence-corrected chi connectivity index (χ4v) is 2.91. The summed E-state index contributed by atoms with van der Waals surface area (Å²) in [5.74, 6) is 1.40. The maximum atomic E-state index is 11.9. The van der Waals surface area contributed by atoms with E-state index in [0.29, 0.717) is 25.5 Å². The molecule has 116 valence electrons. The van der Waals surface area contributed by atoms with Crippen molar-refractivity contribution in [3.63, 3.8) is 0 Å². The van der Waals surface area contributed by atoms with Crippen molar-refractivity contribution >= 4 is 5.91 Å². The molecule has 1 aliphatic heterocycles. The van der Waals surface area contributed by atoms with Crippen molar-refractivity contribution in [1.29, 1.82) is 0 Å². The van der Waals surface area contributed by atoms with Gasteiger partial charge in [-0.15, -0.1) is 0 Å². The lowest BCUT2D eigenvalue weighted by atomic mass is 9.97. The van der Waals surface area contributed by atoms with Gasteiger partial charge in [-0.25, -0.2) is 4.98 Å². The van der Waals surface area contributed by atoms with Crippen LogP contribution in [0.5, 0.6) is 0 Å². The van der Waals surface area contributed by atoms with E-state index >= 15 is 0 Å². The minimum absolute atomic E-state index is 0.236. The van der Waals surface area contributed by atoms with Gasteiger partial charge < -0.3 is 14.1 Å². The standard InChI is InChI=1S/C17H20N2O3/c1-21-7-6-19-11-14(9-17(19)20)8-13-2-4-15(5-3-13)16-10-18-12-22-16/h2-5,10,12,14H,6-9,11H2,1H3/t14-/m1/s1. The van der Waals surface area contributed by atoms with Crippen molar-refractivity contribution in [3.8, 4) is 11.3 Å². The first-order chi connectivity index (χ1) is 10.8. The molecule has 1 aromatic heterocycles. The number of nitrogens with zero attached hydrogens (tertiary/aromatic N) is 2. The monoisotopic (exact) mass is 300 g/mol. The Morgan fingerprint density at radius 1 is 1.36 bits per heavy atom. The Bertz CT molecular complexity index is 607. The van der Waals surface area contributed by atoms with Gasteiger partial charge in [-0.1, -0.05) is 24.3 Å². The molecule has 22 heavy (non-hydrogen) atoms. The average molecular weight is 300 g/mol. The van der Waals surface area contributed by atoms with Gasteiger partial charge in [-0.2, -0.15) is 0 Å². The van der Waals surface area contributed by atoms with Crippen LogP contribution in [-0.2, 0) is 16.0 Å². The molecule has 0 spiro atoms. The number of aromatic nitrogens is 1. The van der Waals surface area contributed by atoms with Crippen LogP contribution < -0.4 is 0 Å². The normalized spacial score (nSPS) is 18.1. The summed E-state index contributed by atoms with van der Waals surface area (Å²) in [7, 11) is 1.66. The summed E-state index contributed by atoms with van der Waals surface area (Å²) < 4.78 is 10.3. The lowest BCUT2D eigenvalue weighted by Gasteiger charge is -2.16. The van der Waals surface area contributed by atoms with Crippen LogP contribution in [0.15, 0.2) is 41.3 Å². The number of oxazole rings is 1. The molecule has 0 unspecified atom stereocenters. The summed E-state index contributed by atoms with van der Waals surface area (Å²) in [4.78, 5) is 17.8. The van der Waals surface area contributed by atoms with Gasteiger partial charge in [0.1, 0.15) is 0 Å². The smallest absolute Gasteiger partial charge is 0.223 e. The number of amides is 1. The lowest BCUT2D eigenvalue weighted by Crippen LogP contribution is -2.28. The second-order valence-corrected chi connectivity index (χ2v) is 5.67. The molecule has 1 fully saturated rings. The molecule has 0 radical (unpaired) electrons. The zero-order valence-corrected chi connectivity index (χ0v) is 12.7. The maximum Gasteiger partial charge on any atom is 0.223 e. The van der Waals surface area contributed by atoms with Crippen LogP contribution in [0.25, 0.3) is 11.3 Å². The number of rotatable bonds is 6. The number of carbonyl (C=O) groups is 1. The van der Waals surface area contributed by atoms with Gasteiger partial charge in [-0.05, 0) is 17.9 Å². The Labute approximate surface area is 129 Å². The van der Waals surface area contributed by atoms with Crippen LogP contribution in [0.2, 0.25) is 0 Å². The van der Waals surface area contributed by atoms with Gasteiger partial charge in [0.2, 0.25) is 5.91 Å². The van der Waals surface area contributed by atoms with Crippen LogP contribution in [0.1, 0.15) is 12.0 Å². The average Bonchev–Trinajstić information content (AvgIpc) is 3.16. The van der Waals surface area contributed by atoms with Crippen molar-refractivity contribution in [3.05, 3.63) is 42.4 Å². The molecule has 1 saturated heterocycles. The zero-order chi connectivity index (χ0) is 15.4. The fourth-order valence-electron chi connectivity index (χ4n) is 2.91. The predicted molar refractivity (Wildman–Crippen MR) is 82.2 cm³/mol. The highest BCUT2D eigenvalue weighted by Gasteiger charge is 2.29. The van der Waals surface area contributed by atoms with Crippen molar-refractivity contribution in [2.45, 2.75) is 12.8 Å². The Balaban J connectivity index is 1.58. The number of carbonyl (C=O) groups excluding carboxylic acids is 1. The number of likely N-dealkylation sites (tertiary alicyclic amines) is 1. The van der Waals surface area contributed by atoms with Gasteiger partial charge in [0, 0.05) is 32.2 Å². The zero-order valence-electron chi connectivity index (χ0n) is 12.7. The van der Waals surface area contributed by atoms with Gasteiger partial charge >= 0.3 is 0 Å². The third-order valence-electron chi connectivity index (χ3n) is 4.06. The van der Waals surface area contributed by atoms with Gasteiger partial charge in [0.15, 0.2) is 12.2 Å². The second kappa shape index (κ2) is 6.75. The first kappa shape index (κ1) is 14.8. The molecule has 0 bridgehead atoms. The molecular weight excluding hydrogens is 280 g/mol.